The van der Waals surface area contributed by atoms with E-state index in [0.717, 1.165) is 42.8 Å². The average molecular weight is 240 g/mol. The van der Waals surface area contributed by atoms with Crippen molar-refractivity contribution in [3.05, 3.63) is 34.9 Å². The molecule has 2 rings (SSSR count). The number of aliphatic hydroxyl groups excluding tert-OH is 1. The molecule has 1 aliphatic carbocycles. The fourth-order valence-electron chi connectivity index (χ4n) is 2.25. The second-order valence-corrected chi connectivity index (χ2v) is 4.90. The lowest BCUT2D eigenvalue weighted by atomic mass is 9.93. The van der Waals surface area contributed by atoms with E-state index >= 15 is 0 Å². The monoisotopic (exact) mass is 239 g/mol. The predicted octanol–water partition coefficient (Wildman–Crippen LogP) is 2.73. The minimum atomic E-state index is -0.127. The highest BCUT2D eigenvalue weighted by atomic mass is 35.5. The summed E-state index contributed by atoms with van der Waals surface area (Å²) < 4.78 is 0. The van der Waals surface area contributed by atoms with Crippen LogP contribution in [0.25, 0.3) is 0 Å². The maximum absolute atomic E-state index is 9.57. The Kier molecular flexibility index (Phi) is 4.22. The highest BCUT2D eigenvalue weighted by molar-refractivity contribution is 6.31. The Balaban J connectivity index is 1.85. The first-order chi connectivity index (χ1) is 7.75. The maximum Gasteiger partial charge on any atom is 0.0555 e. The maximum atomic E-state index is 9.57. The first-order valence-electron chi connectivity index (χ1n) is 5.90. The molecule has 1 aromatic carbocycles. The first-order valence-corrected chi connectivity index (χ1v) is 6.28. The zero-order chi connectivity index (χ0) is 11.4. The van der Waals surface area contributed by atoms with Crippen LogP contribution in [0.4, 0.5) is 0 Å². The van der Waals surface area contributed by atoms with Crippen LogP contribution >= 0.6 is 11.6 Å². The van der Waals surface area contributed by atoms with Gasteiger partial charge in [0.05, 0.1) is 6.10 Å². The SMILES string of the molecule is OC1CCCC(NCc2ccccc2Cl)C1. The molecular formula is C13H18ClNO. The van der Waals surface area contributed by atoms with Crippen molar-refractivity contribution < 1.29 is 5.11 Å². The van der Waals surface area contributed by atoms with Crippen LogP contribution in [0.5, 0.6) is 0 Å². The zero-order valence-corrected chi connectivity index (χ0v) is 10.1. The Morgan fingerprint density at radius 3 is 2.88 bits per heavy atom. The van der Waals surface area contributed by atoms with Crippen LogP contribution in [0.3, 0.4) is 0 Å². The van der Waals surface area contributed by atoms with Gasteiger partial charge in [-0.2, -0.15) is 0 Å². The minimum Gasteiger partial charge on any atom is -0.393 e. The van der Waals surface area contributed by atoms with Crippen molar-refractivity contribution >= 4 is 11.6 Å². The molecule has 2 N–H and O–H groups in total. The summed E-state index contributed by atoms with van der Waals surface area (Å²) in [6.07, 6.45) is 3.95. The van der Waals surface area contributed by atoms with E-state index < -0.39 is 0 Å². The second kappa shape index (κ2) is 5.67. The number of halogens is 1. The van der Waals surface area contributed by atoms with Crippen molar-refractivity contribution in [3.8, 4) is 0 Å². The zero-order valence-electron chi connectivity index (χ0n) is 9.32. The van der Waals surface area contributed by atoms with Crippen molar-refractivity contribution in [3.63, 3.8) is 0 Å². The fraction of sp³-hybridized carbons (Fsp3) is 0.538. The van der Waals surface area contributed by atoms with Gasteiger partial charge in [-0.1, -0.05) is 29.8 Å². The molecule has 1 fully saturated rings. The normalized spacial score (nSPS) is 25.6. The molecule has 0 heterocycles. The third-order valence-corrected chi connectivity index (χ3v) is 3.55. The summed E-state index contributed by atoms with van der Waals surface area (Å²) in [4.78, 5) is 0. The molecule has 0 aliphatic heterocycles. The van der Waals surface area contributed by atoms with E-state index in [0.29, 0.717) is 6.04 Å². The van der Waals surface area contributed by atoms with Gasteiger partial charge in [0.15, 0.2) is 0 Å². The van der Waals surface area contributed by atoms with Gasteiger partial charge in [-0.15, -0.1) is 0 Å². The Labute approximate surface area is 102 Å². The van der Waals surface area contributed by atoms with Crippen LogP contribution in [0, 0.1) is 0 Å². The van der Waals surface area contributed by atoms with Crippen LogP contribution in [-0.4, -0.2) is 17.3 Å². The molecule has 88 valence electrons. The van der Waals surface area contributed by atoms with Crippen molar-refractivity contribution in [1.29, 1.82) is 0 Å². The topological polar surface area (TPSA) is 32.3 Å². The van der Waals surface area contributed by atoms with Gasteiger partial charge in [0, 0.05) is 17.6 Å². The number of hydrogen-bond donors (Lipinski definition) is 2. The van der Waals surface area contributed by atoms with Crippen LogP contribution in [-0.2, 0) is 6.54 Å². The molecule has 16 heavy (non-hydrogen) atoms. The second-order valence-electron chi connectivity index (χ2n) is 4.49. The Bertz CT molecular complexity index is 342. The Morgan fingerprint density at radius 1 is 1.31 bits per heavy atom. The highest BCUT2D eigenvalue weighted by Gasteiger charge is 2.19. The van der Waals surface area contributed by atoms with E-state index in [1.54, 1.807) is 0 Å². The minimum absolute atomic E-state index is 0.127. The van der Waals surface area contributed by atoms with Crippen LogP contribution < -0.4 is 5.32 Å². The summed E-state index contributed by atoms with van der Waals surface area (Å²) in [6.45, 7) is 0.789. The molecule has 1 aromatic rings. The van der Waals surface area contributed by atoms with Crippen molar-refractivity contribution in [2.75, 3.05) is 0 Å². The van der Waals surface area contributed by atoms with Gasteiger partial charge in [0.2, 0.25) is 0 Å². The van der Waals surface area contributed by atoms with Crippen LogP contribution in [0.2, 0.25) is 5.02 Å². The van der Waals surface area contributed by atoms with Gasteiger partial charge >= 0.3 is 0 Å². The van der Waals surface area contributed by atoms with Gasteiger partial charge < -0.3 is 10.4 Å². The van der Waals surface area contributed by atoms with E-state index in [1.165, 1.54) is 0 Å². The third kappa shape index (κ3) is 3.21. The lowest BCUT2D eigenvalue weighted by Crippen LogP contribution is -2.35. The largest absolute Gasteiger partial charge is 0.393 e. The number of benzene rings is 1. The summed E-state index contributed by atoms with van der Waals surface area (Å²) in [5.41, 5.74) is 1.13. The molecule has 0 saturated heterocycles. The van der Waals surface area contributed by atoms with Gasteiger partial charge in [0.1, 0.15) is 0 Å². The Hall–Kier alpha value is -0.570. The third-order valence-electron chi connectivity index (χ3n) is 3.19. The predicted molar refractivity (Wildman–Crippen MR) is 66.6 cm³/mol. The molecule has 2 nitrogen and oxygen atoms in total. The number of aliphatic hydroxyl groups is 1. The van der Waals surface area contributed by atoms with E-state index in [1.807, 2.05) is 24.3 Å². The van der Waals surface area contributed by atoms with Crippen molar-refractivity contribution in [2.24, 2.45) is 0 Å². The number of hydrogen-bond acceptors (Lipinski definition) is 2. The molecule has 0 amide bonds. The summed E-state index contributed by atoms with van der Waals surface area (Å²) >= 11 is 6.08. The quantitative estimate of drug-likeness (QED) is 0.850. The van der Waals surface area contributed by atoms with Gasteiger partial charge in [0.25, 0.3) is 0 Å². The molecule has 0 bridgehead atoms. The Morgan fingerprint density at radius 2 is 2.12 bits per heavy atom. The van der Waals surface area contributed by atoms with E-state index in [2.05, 4.69) is 5.32 Å². The lowest BCUT2D eigenvalue weighted by Gasteiger charge is -2.26. The van der Waals surface area contributed by atoms with E-state index in [-0.39, 0.29) is 6.10 Å². The molecule has 0 radical (unpaired) electrons. The summed E-state index contributed by atoms with van der Waals surface area (Å²) in [6, 6.07) is 8.32. The molecule has 2 unspecified atom stereocenters. The average Bonchev–Trinajstić information content (AvgIpc) is 2.28. The summed E-state index contributed by atoms with van der Waals surface area (Å²) in [5, 5.41) is 13.8. The fourth-order valence-corrected chi connectivity index (χ4v) is 2.45. The van der Waals surface area contributed by atoms with Gasteiger partial charge in [-0.3, -0.25) is 0 Å². The molecule has 0 spiro atoms. The number of rotatable bonds is 3. The molecule has 1 aliphatic rings. The van der Waals surface area contributed by atoms with Crippen molar-refractivity contribution in [1.82, 2.24) is 5.32 Å². The van der Waals surface area contributed by atoms with E-state index in [9.17, 15) is 5.11 Å². The molecule has 0 aromatic heterocycles. The highest BCUT2D eigenvalue weighted by Crippen LogP contribution is 2.20. The molecule has 3 heteroatoms. The van der Waals surface area contributed by atoms with Crippen LogP contribution in [0.15, 0.2) is 24.3 Å². The molecule has 2 atom stereocenters. The summed E-state index contributed by atoms with van der Waals surface area (Å²) in [7, 11) is 0. The van der Waals surface area contributed by atoms with Gasteiger partial charge in [-0.05, 0) is 37.3 Å². The summed E-state index contributed by atoms with van der Waals surface area (Å²) in [5.74, 6) is 0. The van der Waals surface area contributed by atoms with Crippen molar-refractivity contribution in [2.45, 2.75) is 44.4 Å². The smallest absolute Gasteiger partial charge is 0.0555 e. The molecular weight excluding hydrogens is 222 g/mol. The van der Waals surface area contributed by atoms with Gasteiger partial charge in [-0.25, -0.2) is 0 Å². The standard InChI is InChI=1S/C13H18ClNO/c14-13-7-2-1-4-10(13)9-15-11-5-3-6-12(16)8-11/h1-2,4,7,11-12,15-16H,3,5-6,8-9H2. The first kappa shape index (κ1) is 11.9. The van der Waals surface area contributed by atoms with Crippen LogP contribution in [0.1, 0.15) is 31.2 Å². The molecule has 1 saturated carbocycles. The van der Waals surface area contributed by atoms with E-state index in [4.69, 9.17) is 11.6 Å². The lowest BCUT2D eigenvalue weighted by molar-refractivity contribution is 0.111. The number of nitrogens with one attached hydrogen (secondary N) is 1.